The molecule has 1 aliphatic rings. The summed E-state index contributed by atoms with van der Waals surface area (Å²) in [4.78, 5) is 2.52. The van der Waals surface area contributed by atoms with Crippen molar-refractivity contribution in [1.29, 1.82) is 0 Å². The van der Waals surface area contributed by atoms with E-state index in [1.54, 1.807) is 0 Å². The fourth-order valence-electron chi connectivity index (χ4n) is 4.82. The molecule has 0 spiro atoms. The minimum Gasteiger partial charge on any atom is -0.312 e. The van der Waals surface area contributed by atoms with Crippen molar-refractivity contribution in [2.75, 3.05) is 20.6 Å². The van der Waals surface area contributed by atoms with Gasteiger partial charge in [0.25, 0.3) is 0 Å². The van der Waals surface area contributed by atoms with Gasteiger partial charge >= 0.3 is 0 Å². The van der Waals surface area contributed by atoms with E-state index in [0.717, 1.165) is 18.4 Å². The maximum atomic E-state index is 3.99. The van der Waals surface area contributed by atoms with Crippen LogP contribution in [0.15, 0.2) is 0 Å². The molecule has 21 heavy (non-hydrogen) atoms. The first-order valence-electron chi connectivity index (χ1n) is 9.48. The van der Waals surface area contributed by atoms with Crippen LogP contribution >= 0.6 is 0 Å². The van der Waals surface area contributed by atoms with Crippen LogP contribution in [0.25, 0.3) is 0 Å². The Kier molecular flexibility index (Phi) is 8.26. The zero-order valence-corrected chi connectivity index (χ0v) is 15.5. The standard InChI is InChI=1S/C19H40N2/c1-7-15-20-18(19(9-3,10-4)21(5)6)17-14-12-11-13-16(17)8-2/h16-18,20H,7-15H2,1-6H3. The highest BCUT2D eigenvalue weighted by molar-refractivity contribution is 5.02. The Morgan fingerprint density at radius 3 is 2.14 bits per heavy atom. The molecule has 1 aliphatic carbocycles. The Labute approximate surface area is 134 Å². The van der Waals surface area contributed by atoms with Crippen molar-refractivity contribution >= 4 is 0 Å². The first kappa shape index (κ1) is 19.0. The average Bonchev–Trinajstić information content (AvgIpc) is 2.51. The van der Waals surface area contributed by atoms with Gasteiger partial charge in [0.2, 0.25) is 0 Å². The maximum Gasteiger partial charge on any atom is 0.0354 e. The van der Waals surface area contributed by atoms with E-state index < -0.39 is 0 Å². The minimum absolute atomic E-state index is 0.310. The third kappa shape index (κ3) is 4.22. The van der Waals surface area contributed by atoms with Crippen LogP contribution < -0.4 is 5.32 Å². The molecule has 0 aliphatic heterocycles. The molecule has 3 unspecified atom stereocenters. The van der Waals surface area contributed by atoms with Crippen molar-refractivity contribution in [2.45, 2.75) is 90.6 Å². The lowest BCUT2D eigenvalue weighted by molar-refractivity contribution is 0.0274. The van der Waals surface area contributed by atoms with Crippen molar-refractivity contribution in [3.8, 4) is 0 Å². The number of nitrogens with one attached hydrogen (secondary N) is 1. The number of hydrogen-bond donors (Lipinski definition) is 1. The SMILES string of the molecule is CCCNC(C1CCCCC1CC)C(CC)(CC)N(C)C. The van der Waals surface area contributed by atoms with Crippen LogP contribution in [-0.2, 0) is 0 Å². The fraction of sp³-hybridized carbons (Fsp3) is 1.00. The largest absolute Gasteiger partial charge is 0.312 e. The first-order chi connectivity index (χ1) is 10.1. The van der Waals surface area contributed by atoms with Gasteiger partial charge in [-0.05, 0) is 58.2 Å². The summed E-state index contributed by atoms with van der Waals surface area (Å²) in [6.07, 6.45) is 10.8. The second kappa shape index (κ2) is 9.15. The fourth-order valence-corrected chi connectivity index (χ4v) is 4.82. The third-order valence-corrected chi connectivity index (χ3v) is 6.23. The molecule has 1 rings (SSSR count). The van der Waals surface area contributed by atoms with Gasteiger partial charge in [-0.1, -0.05) is 53.4 Å². The molecule has 2 nitrogen and oxygen atoms in total. The van der Waals surface area contributed by atoms with Gasteiger partial charge in [-0.3, -0.25) is 0 Å². The minimum atomic E-state index is 0.310. The van der Waals surface area contributed by atoms with Gasteiger partial charge in [-0.2, -0.15) is 0 Å². The van der Waals surface area contributed by atoms with Crippen LogP contribution in [0.5, 0.6) is 0 Å². The summed E-state index contributed by atoms with van der Waals surface area (Å²) in [7, 11) is 4.58. The van der Waals surface area contributed by atoms with E-state index in [0.29, 0.717) is 11.6 Å². The summed E-state index contributed by atoms with van der Waals surface area (Å²) in [6, 6.07) is 0.646. The molecule has 0 heterocycles. The van der Waals surface area contributed by atoms with Gasteiger partial charge in [0.15, 0.2) is 0 Å². The predicted octanol–water partition coefficient (Wildman–Crippen LogP) is 4.69. The maximum absolute atomic E-state index is 3.99. The number of rotatable bonds is 9. The Balaban J connectivity index is 3.06. The molecule has 0 aromatic heterocycles. The number of hydrogen-bond acceptors (Lipinski definition) is 2. The molecule has 0 aromatic carbocycles. The zero-order chi connectivity index (χ0) is 15.9. The molecule has 126 valence electrons. The van der Waals surface area contributed by atoms with Crippen molar-refractivity contribution in [3.05, 3.63) is 0 Å². The molecule has 1 N–H and O–H groups in total. The molecule has 0 bridgehead atoms. The zero-order valence-electron chi connectivity index (χ0n) is 15.5. The lowest BCUT2D eigenvalue weighted by atomic mass is 9.66. The summed E-state index contributed by atoms with van der Waals surface area (Å²) in [5.41, 5.74) is 0.310. The van der Waals surface area contributed by atoms with E-state index in [4.69, 9.17) is 0 Å². The monoisotopic (exact) mass is 296 g/mol. The Hall–Kier alpha value is -0.0800. The van der Waals surface area contributed by atoms with Gasteiger partial charge in [0, 0.05) is 11.6 Å². The summed E-state index contributed by atoms with van der Waals surface area (Å²) in [6.45, 7) is 10.6. The second-order valence-electron chi connectivity index (χ2n) is 7.25. The van der Waals surface area contributed by atoms with Crippen LogP contribution in [-0.4, -0.2) is 37.1 Å². The molecule has 0 radical (unpaired) electrons. The molecular formula is C19H40N2. The summed E-state index contributed by atoms with van der Waals surface area (Å²) in [5, 5.41) is 3.99. The molecule has 0 saturated heterocycles. The van der Waals surface area contributed by atoms with Crippen LogP contribution in [0.3, 0.4) is 0 Å². The summed E-state index contributed by atoms with van der Waals surface area (Å²) >= 11 is 0. The average molecular weight is 297 g/mol. The first-order valence-corrected chi connectivity index (χ1v) is 9.48. The van der Waals surface area contributed by atoms with E-state index in [1.807, 2.05) is 0 Å². The molecule has 0 aromatic rings. The highest BCUT2D eigenvalue weighted by Gasteiger charge is 2.44. The van der Waals surface area contributed by atoms with Crippen LogP contribution in [0.4, 0.5) is 0 Å². The molecule has 3 atom stereocenters. The number of nitrogens with zero attached hydrogens (tertiary/aromatic N) is 1. The van der Waals surface area contributed by atoms with Crippen molar-refractivity contribution in [3.63, 3.8) is 0 Å². The summed E-state index contributed by atoms with van der Waals surface area (Å²) < 4.78 is 0. The Morgan fingerprint density at radius 2 is 1.67 bits per heavy atom. The third-order valence-electron chi connectivity index (χ3n) is 6.23. The second-order valence-corrected chi connectivity index (χ2v) is 7.25. The molecule has 2 heteroatoms. The van der Waals surface area contributed by atoms with Gasteiger partial charge in [0.1, 0.15) is 0 Å². The molecule has 1 fully saturated rings. The highest BCUT2D eigenvalue weighted by atomic mass is 15.2. The van der Waals surface area contributed by atoms with Crippen LogP contribution in [0.1, 0.15) is 79.1 Å². The molecule has 0 amide bonds. The molecule has 1 saturated carbocycles. The van der Waals surface area contributed by atoms with Gasteiger partial charge in [0.05, 0.1) is 0 Å². The predicted molar refractivity (Wildman–Crippen MR) is 94.8 cm³/mol. The lowest BCUT2D eigenvalue weighted by Crippen LogP contribution is -2.62. The van der Waals surface area contributed by atoms with Gasteiger partial charge in [-0.15, -0.1) is 0 Å². The highest BCUT2D eigenvalue weighted by Crippen LogP contribution is 2.41. The number of likely N-dealkylation sites (N-methyl/N-ethyl adjacent to an activating group) is 1. The van der Waals surface area contributed by atoms with E-state index in [1.165, 1.54) is 51.4 Å². The van der Waals surface area contributed by atoms with E-state index >= 15 is 0 Å². The van der Waals surface area contributed by atoms with Gasteiger partial charge in [-0.25, -0.2) is 0 Å². The Bertz CT molecular complexity index is 271. The van der Waals surface area contributed by atoms with Crippen LogP contribution in [0, 0.1) is 11.8 Å². The lowest BCUT2D eigenvalue weighted by Gasteiger charge is -2.51. The molecular weight excluding hydrogens is 256 g/mol. The van der Waals surface area contributed by atoms with Gasteiger partial charge < -0.3 is 10.2 Å². The van der Waals surface area contributed by atoms with E-state index in [9.17, 15) is 0 Å². The van der Waals surface area contributed by atoms with E-state index in [2.05, 4.69) is 52.0 Å². The van der Waals surface area contributed by atoms with Crippen LogP contribution in [0.2, 0.25) is 0 Å². The Morgan fingerprint density at radius 1 is 1.05 bits per heavy atom. The quantitative estimate of drug-likeness (QED) is 0.664. The topological polar surface area (TPSA) is 15.3 Å². The normalized spacial score (nSPS) is 25.3. The van der Waals surface area contributed by atoms with E-state index in [-0.39, 0.29) is 0 Å². The smallest absolute Gasteiger partial charge is 0.0354 e. The summed E-state index contributed by atoms with van der Waals surface area (Å²) in [5.74, 6) is 1.78. The van der Waals surface area contributed by atoms with Crippen molar-refractivity contribution in [1.82, 2.24) is 10.2 Å². The van der Waals surface area contributed by atoms with Crippen molar-refractivity contribution < 1.29 is 0 Å². The van der Waals surface area contributed by atoms with Crippen molar-refractivity contribution in [2.24, 2.45) is 11.8 Å².